The lowest BCUT2D eigenvalue weighted by molar-refractivity contribution is -0.0450. The molecule has 2 amide bonds. The fourth-order valence-corrected chi connectivity index (χ4v) is 4.09. The molecule has 0 atom stereocenters. The number of rotatable bonds is 14. The summed E-state index contributed by atoms with van der Waals surface area (Å²) in [5.74, 6) is 0.998. The highest BCUT2D eigenvalue weighted by Crippen LogP contribution is 2.31. The molecule has 0 fully saturated rings. The van der Waals surface area contributed by atoms with Gasteiger partial charge in [-0.1, -0.05) is 18.2 Å². The first-order valence-corrected chi connectivity index (χ1v) is 13.3. The molecule has 0 unspecified atom stereocenters. The number of nitrogens with zero attached hydrogens (tertiary/aromatic N) is 3. The summed E-state index contributed by atoms with van der Waals surface area (Å²) in [5, 5.41) is 17.2. The van der Waals surface area contributed by atoms with Gasteiger partial charge >= 0.3 is 6.03 Å². The highest BCUT2D eigenvalue weighted by atomic mass is 16.5. The minimum atomic E-state index is -0.987. The number of anilines is 1. The second kappa shape index (κ2) is 12.8. The van der Waals surface area contributed by atoms with Gasteiger partial charge in [0.2, 0.25) is 0 Å². The number of pyridine rings is 1. The van der Waals surface area contributed by atoms with Crippen LogP contribution in [0.1, 0.15) is 60.7 Å². The normalized spacial score (nSPS) is 12.6. The Labute approximate surface area is 225 Å². The number of hydrogen-bond donors (Lipinski definition) is 3. The van der Waals surface area contributed by atoms with Crippen molar-refractivity contribution in [2.45, 2.75) is 85.3 Å². The Morgan fingerprint density at radius 1 is 1.13 bits per heavy atom. The first-order chi connectivity index (χ1) is 17.9. The smallest absolute Gasteiger partial charge is 0.320 e. The summed E-state index contributed by atoms with van der Waals surface area (Å²) in [7, 11) is 0. The number of aliphatic hydroxyl groups is 1. The topological polar surface area (TPSA) is 120 Å². The van der Waals surface area contributed by atoms with Gasteiger partial charge in [-0.2, -0.15) is 0 Å². The van der Waals surface area contributed by atoms with E-state index in [2.05, 4.69) is 10.6 Å². The number of amides is 2. The molecule has 10 nitrogen and oxygen atoms in total. The number of aromatic nitrogens is 3. The molecule has 210 valence electrons. The van der Waals surface area contributed by atoms with Crippen LogP contribution in [0.15, 0.2) is 24.3 Å². The van der Waals surface area contributed by atoms with Crippen molar-refractivity contribution in [3.05, 3.63) is 30.1 Å². The molecule has 0 saturated carbocycles. The summed E-state index contributed by atoms with van der Waals surface area (Å²) in [6.07, 6.45) is 0.941. The van der Waals surface area contributed by atoms with Crippen molar-refractivity contribution in [2.24, 2.45) is 0 Å². The maximum Gasteiger partial charge on any atom is 0.320 e. The molecule has 1 aromatic carbocycles. The first kappa shape index (κ1) is 29.8. The predicted molar refractivity (Wildman–Crippen MR) is 149 cm³/mol. The molecule has 3 rings (SSSR count). The van der Waals surface area contributed by atoms with E-state index in [0.717, 1.165) is 17.3 Å². The van der Waals surface area contributed by atoms with Crippen LogP contribution in [0.2, 0.25) is 0 Å². The van der Waals surface area contributed by atoms with Gasteiger partial charge in [0.15, 0.2) is 5.82 Å². The molecule has 0 aliphatic heterocycles. The molecule has 0 aliphatic rings. The molecule has 3 N–H and O–H groups in total. The Bertz CT molecular complexity index is 1220. The van der Waals surface area contributed by atoms with Crippen LogP contribution < -0.4 is 10.6 Å². The number of urea groups is 1. The van der Waals surface area contributed by atoms with Gasteiger partial charge in [-0.25, -0.2) is 14.8 Å². The second-order valence-corrected chi connectivity index (χ2v) is 10.9. The molecule has 3 aromatic rings. The van der Waals surface area contributed by atoms with Crippen LogP contribution in [0, 0.1) is 0 Å². The van der Waals surface area contributed by atoms with Crippen LogP contribution in [0.25, 0.3) is 21.9 Å². The number of hydrogen-bond acceptors (Lipinski definition) is 7. The zero-order valence-electron chi connectivity index (χ0n) is 23.8. The quantitative estimate of drug-likeness (QED) is 0.261. The number of carbonyl (C=O) groups is 1. The Hall–Kier alpha value is -2.79. The molecule has 0 spiro atoms. The maximum absolute atomic E-state index is 12.8. The lowest BCUT2D eigenvalue weighted by atomic mass is 10.1. The van der Waals surface area contributed by atoms with Gasteiger partial charge < -0.3 is 29.2 Å². The van der Waals surface area contributed by atoms with Crippen molar-refractivity contribution in [1.82, 2.24) is 19.9 Å². The van der Waals surface area contributed by atoms with Crippen molar-refractivity contribution < 1.29 is 24.1 Å². The highest BCUT2D eigenvalue weighted by molar-refractivity contribution is 6.09. The standard InChI is InChI=1S/C28H43N5O5/c1-8-36-17-22-31-23-24(33(22)18-27(4,5)35)20-11-9-10-12-21(20)30-25(23)32-26(34)29-14-16-38-28(6,7)13-15-37-19(2)3/h9-12,19,35H,8,13-18H2,1-7H3,(H2,29,30,32,34). The van der Waals surface area contributed by atoms with E-state index in [1.807, 2.05) is 63.5 Å². The number of benzene rings is 1. The van der Waals surface area contributed by atoms with Gasteiger partial charge in [0.05, 0.1) is 41.5 Å². The van der Waals surface area contributed by atoms with Crippen LogP contribution in [0.5, 0.6) is 0 Å². The number of nitrogens with one attached hydrogen (secondary N) is 2. The number of imidazole rings is 1. The van der Waals surface area contributed by atoms with E-state index in [9.17, 15) is 9.90 Å². The van der Waals surface area contributed by atoms with Crippen LogP contribution >= 0.6 is 0 Å². The van der Waals surface area contributed by atoms with Crippen LogP contribution in [0.3, 0.4) is 0 Å². The summed E-state index contributed by atoms with van der Waals surface area (Å²) in [6, 6.07) is 7.28. The zero-order valence-corrected chi connectivity index (χ0v) is 23.8. The average molecular weight is 530 g/mol. The molecule has 2 aromatic heterocycles. The Balaban J connectivity index is 1.78. The summed E-state index contributed by atoms with van der Waals surface area (Å²) < 4.78 is 19.2. The molecule has 2 heterocycles. The Morgan fingerprint density at radius 3 is 2.55 bits per heavy atom. The van der Waals surface area contributed by atoms with Crippen molar-refractivity contribution in [1.29, 1.82) is 0 Å². The fourth-order valence-electron chi connectivity index (χ4n) is 4.09. The SMILES string of the molecule is CCOCc1nc2c(NC(=O)NCCOC(C)(C)CCOC(C)C)nc3ccccc3c2n1CC(C)(C)O. The molecule has 0 bridgehead atoms. The van der Waals surface area contributed by atoms with Crippen molar-refractivity contribution >= 4 is 33.8 Å². The minimum Gasteiger partial charge on any atom is -0.389 e. The third kappa shape index (κ3) is 8.36. The summed E-state index contributed by atoms with van der Waals surface area (Å²) in [6.45, 7) is 15.9. The number of carbonyl (C=O) groups excluding carboxylic acids is 1. The van der Waals surface area contributed by atoms with Crippen LogP contribution in [-0.2, 0) is 27.4 Å². The zero-order chi connectivity index (χ0) is 27.9. The van der Waals surface area contributed by atoms with Crippen LogP contribution in [0.4, 0.5) is 10.6 Å². The van der Waals surface area contributed by atoms with Crippen molar-refractivity contribution in [3.63, 3.8) is 0 Å². The molecule has 0 radical (unpaired) electrons. The average Bonchev–Trinajstić information content (AvgIpc) is 3.17. The summed E-state index contributed by atoms with van der Waals surface area (Å²) in [5.41, 5.74) is 0.697. The van der Waals surface area contributed by atoms with Crippen molar-refractivity contribution in [3.8, 4) is 0 Å². The third-order valence-electron chi connectivity index (χ3n) is 5.91. The van der Waals surface area contributed by atoms with E-state index in [1.54, 1.807) is 13.8 Å². The van der Waals surface area contributed by atoms with E-state index in [0.29, 0.717) is 55.6 Å². The molecule has 10 heteroatoms. The Morgan fingerprint density at radius 2 is 1.87 bits per heavy atom. The number of para-hydroxylation sites is 1. The van der Waals surface area contributed by atoms with Gasteiger partial charge in [-0.15, -0.1) is 0 Å². The van der Waals surface area contributed by atoms with Gasteiger partial charge in [0.1, 0.15) is 17.9 Å². The molecule has 0 saturated heterocycles. The summed E-state index contributed by atoms with van der Waals surface area (Å²) >= 11 is 0. The molecular weight excluding hydrogens is 486 g/mol. The lowest BCUT2D eigenvalue weighted by Gasteiger charge is -2.25. The fraction of sp³-hybridized carbons (Fsp3) is 0.607. The minimum absolute atomic E-state index is 0.183. The maximum atomic E-state index is 12.8. The van der Waals surface area contributed by atoms with Crippen molar-refractivity contribution in [2.75, 3.05) is 31.7 Å². The Kier molecular flexibility index (Phi) is 10.1. The monoisotopic (exact) mass is 529 g/mol. The predicted octanol–water partition coefficient (Wildman–Crippen LogP) is 4.62. The highest BCUT2D eigenvalue weighted by Gasteiger charge is 2.24. The molecular formula is C28H43N5O5. The molecule has 38 heavy (non-hydrogen) atoms. The first-order valence-electron chi connectivity index (χ1n) is 13.3. The summed E-state index contributed by atoms with van der Waals surface area (Å²) in [4.78, 5) is 22.3. The van der Waals surface area contributed by atoms with E-state index < -0.39 is 11.6 Å². The van der Waals surface area contributed by atoms with Gasteiger partial charge in [-0.05, 0) is 61.0 Å². The van der Waals surface area contributed by atoms with Gasteiger partial charge in [0.25, 0.3) is 0 Å². The molecule has 0 aliphatic carbocycles. The van der Waals surface area contributed by atoms with Gasteiger partial charge in [-0.3, -0.25) is 5.32 Å². The van der Waals surface area contributed by atoms with E-state index in [1.165, 1.54) is 0 Å². The van der Waals surface area contributed by atoms with E-state index in [-0.39, 0.29) is 18.3 Å². The van der Waals surface area contributed by atoms with E-state index in [4.69, 9.17) is 24.2 Å². The third-order valence-corrected chi connectivity index (χ3v) is 5.91. The number of fused-ring (bicyclic) bond motifs is 3. The van der Waals surface area contributed by atoms with Gasteiger partial charge in [0, 0.05) is 25.1 Å². The lowest BCUT2D eigenvalue weighted by Crippen LogP contribution is -2.35. The van der Waals surface area contributed by atoms with E-state index >= 15 is 0 Å². The largest absolute Gasteiger partial charge is 0.389 e. The van der Waals surface area contributed by atoms with Crippen LogP contribution in [-0.4, -0.2) is 69.3 Å². The second-order valence-electron chi connectivity index (χ2n) is 10.9. The number of ether oxygens (including phenoxy) is 3.